The van der Waals surface area contributed by atoms with Gasteiger partial charge in [-0.3, -0.25) is 4.79 Å². The molecule has 1 atom stereocenters. The Bertz CT molecular complexity index is 707. The summed E-state index contributed by atoms with van der Waals surface area (Å²) in [6.45, 7) is 3.87. The lowest BCUT2D eigenvalue weighted by molar-refractivity contribution is -0.131. The van der Waals surface area contributed by atoms with Gasteiger partial charge in [0, 0.05) is 26.2 Å². The van der Waals surface area contributed by atoms with E-state index in [4.69, 9.17) is 9.57 Å². The van der Waals surface area contributed by atoms with E-state index in [1.165, 1.54) is 0 Å². The second-order valence-corrected chi connectivity index (χ2v) is 6.48. The van der Waals surface area contributed by atoms with Gasteiger partial charge in [-0.2, -0.15) is 0 Å². The van der Waals surface area contributed by atoms with Gasteiger partial charge in [-0.25, -0.2) is 0 Å². The third-order valence-electron chi connectivity index (χ3n) is 4.55. The fraction of sp³-hybridized carbons (Fsp3) is 0.364. The van der Waals surface area contributed by atoms with E-state index in [-0.39, 0.29) is 11.8 Å². The standard InChI is InChI=1S/C22H26N2O3/c1-2-26-15-9-14-23-22(25)20-16-19(24-27-20)21(17-10-5-3-6-11-17)18-12-7-4-8-13-18/h3-8,10-13,20-21H,2,9,14-16H2,1H3,(H,23,25)/t20-/m1/s1. The molecule has 0 spiro atoms. The van der Waals surface area contributed by atoms with Crippen LogP contribution in [0.4, 0.5) is 0 Å². The molecule has 1 aliphatic heterocycles. The summed E-state index contributed by atoms with van der Waals surface area (Å²) in [5.41, 5.74) is 3.16. The van der Waals surface area contributed by atoms with E-state index in [2.05, 4.69) is 34.7 Å². The maximum Gasteiger partial charge on any atom is 0.264 e. The summed E-state index contributed by atoms with van der Waals surface area (Å²) >= 11 is 0. The average molecular weight is 366 g/mol. The molecule has 5 heteroatoms. The molecule has 2 aromatic rings. The topological polar surface area (TPSA) is 59.9 Å². The van der Waals surface area contributed by atoms with Gasteiger partial charge in [0.05, 0.1) is 11.6 Å². The Hall–Kier alpha value is -2.66. The molecule has 0 aliphatic carbocycles. The summed E-state index contributed by atoms with van der Waals surface area (Å²) in [5.74, 6) is -0.131. The number of carbonyl (C=O) groups excluding carboxylic acids is 1. The number of hydrogen-bond donors (Lipinski definition) is 1. The minimum absolute atomic E-state index is 0.0110. The van der Waals surface area contributed by atoms with Crippen LogP contribution in [0.25, 0.3) is 0 Å². The lowest BCUT2D eigenvalue weighted by atomic mass is 9.85. The molecule has 0 fully saturated rings. The molecular weight excluding hydrogens is 340 g/mol. The van der Waals surface area contributed by atoms with Crippen LogP contribution in [0.5, 0.6) is 0 Å². The Morgan fingerprint density at radius 1 is 1.15 bits per heavy atom. The minimum atomic E-state index is -0.568. The van der Waals surface area contributed by atoms with Crippen molar-refractivity contribution in [2.24, 2.45) is 5.16 Å². The van der Waals surface area contributed by atoms with E-state index in [0.717, 1.165) is 23.3 Å². The fourth-order valence-corrected chi connectivity index (χ4v) is 3.22. The van der Waals surface area contributed by atoms with Crippen molar-refractivity contribution >= 4 is 11.6 Å². The van der Waals surface area contributed by atoms with Crippen LogP contribution in [0.2, 0.25) is 0 Å². The van der Waals surface area contributed by atoms with Crippen molar-refractivity contribution in [3.05, 3.63) is 71.8 Å². The van der Waals surface area contributed by atoms with Crippen molar-refractivity contribution in [2.45, 2.75) is 31.8 Å². The highest BCUT2D eigenvalue weighted by atomic mass is 16.6. The highest BCUT2D eigenvalue weighted by Crippen LogP contribution is 2.31. The summed E-state index contributed by atoms with van der Waals surface area (Å²) in [6.07, 6.45) is 0.713. The van der Waals surface area contributed by atoms with Crippen LogP contribution in [-0.4, -0.2) is 37.5 Å². The van der Waals surface area contributed by atoms with Crippen LogP contribution in [-0.2, 0) is 14.4 Å². The molecule has 1 N–H and O–H groups in total. The molecule has 142 valence electrons. The van der Waals surface area contributed by atoms with E-state index in [1.54, 1.807) is 0 Å². The van der Waals surface area contributed by atoms with Crippen LogP contribution < -0.4 is 5.32 Å². The molecule has 0 bridgehead atoms. The van der Waals surface area contributed by atoms with Crippen molar-refractivity contribution in [2.75, 3.05) is 19.8 Å². The van der Waals surface area contributed by atoms with Gasteiger partial charge in [-0.15, -0.1) is 0 Å². The molecule has 5 nitrogen and oxygen atoms in total. The van der Waals surface area contributed by atoms with Gasteiger partial charge in [0.2, 0.25) is 6.10 Å². The van der Waals surface area contributed by atoms with E-state index < -0.39 is 6.10 Å². The van der Waals surface area contributed by atoms with Crippen LogP contribution in [0.1, 0.15) is 36.8 Å². The number of amides is 1. The van der Waals surface area contributed by atoms with Gasteiger partial charge >= 0.3 is 0 Å². The van der Waals surface area contributed by atoms with Crippen molar-refractivity contribution in [1.29, 1.82) is 0 Å². The molecule has 1 heterocycles. The summed E-state index contributed by atoms with van der Waals surface area (Å²) in [4.78, 5) is 17.8. The first-order valence-electron chi connectivity index (χ1n) is 9.47. The molecule has 0 saturated carbocycles. The van der Waals surface area contributed by atoms with Gasteiger partial charge in [0.25, 0.3) is 5.91 Å². The molecule has 2 aromatic carbocycles. The summed E-state index contributed by atoms with van der Waals surface area (Å²) in [7, 11) is 0. The number of rotatable bonds is 9. The Morgan fingerprint density at radius 3 is 2.37 bits per heavy atom. The monoisotopic (exact) mass is 366 g/mol. The maximum absolute atomic E-state index is 12.4. The molecule has 1 aliphatic rings. The number of carbonyl (C=O) groups is 1. The summed E-state index contributed by atoms with van der Waals surface area (Å²) < 4.78 is 5.28. The third kappa shape index (κ3) is 5.17. The van der Waals surface area contributed by atoms with Gasteiger partial charge in [-0.05, 0) is 24.5 Å². The quantitative estimate of drug-likeness (QED) is 0.691. The van der Waals surface area contributed by atoms with Crippen molar-refractivity contribution < 1.29 is 14.4 Å². The van der Waals surface area contributed by atoms with Gasteiger partial charge in [0.15, 0.2) is 0 Å². The SMILES string of the molecule is CCOCCCNC(=O)[C@H]1CC(C(c2ccccc2)c2ccccc2)=NO1. The van der Waals surface area contributed by atoms with Crippen LogP contribution in [0.3, 0.4) is 0 Å². The van der Waals surface area contributed by atoms with Crippen LogP contribution >= 0.6 is 0 Å². The lowest BCUT2D eigenvalue weighted by Crippen LogP contribution is -2.36. The van der Waals surface area contributed by atoms with Gasteiger partial charge in [-0.1, -0.05) is 65.8 Å². The highest BCUT2D eigenvalue weighted by molar-refractivity contribution is 5.98. The zero-order chi connectivity index (χ0) is 18.9. The molecule has 1 amide bonds. The second-order valence-electron chi connectivity index (χ2n) is 6.48. The predicted molar refractivity (Wildman–Crippen MR) is 106 cm³/mol. The number of benzene rings is 2. The van der Waals surface area contributed by atoms with Crippen molar-refractivity contribution in [1.82, 2.24) is 5.32 Å². The molecule has 0 saturated heterocycles. The fourth-order valence-electron chi connectivity index (χ4n) is 3.22. The Balaban J connectivity index is 1.65. The minimum Gasteiger partial charge on any atom is -0.382 e. The Kier molecular flexibility index (Phi) is 6.99. The average Bonchev–Trinajstić information content (AvgIpc) is 3.19. The number of nitrogens with one attached hydrogen (secondary N) is 1. The smallest absolute Gasteiger partial charge is 0.264 e. The number of nitrogens with zero attached hydrogens (tertiary/aromatic N) is 1. The zero-order valence-corrected chi connectivity index (χ0v) is 15.6. The molecule has 0 aromatic heterocycles. The first-order chi connectivity index (χ1) is 13.3. The second kappa shape index (κ2) is 9.88. The van der Waals surface area contributed by atoms with Crippen molar-refractivity contribution in [3.63, 3.8) is 0 Å². The summed E-state index contributed by atoms with van der Waals surface area (Å²) in [6, 6.07) is 20.4. The highest BCUT2D eigenvalue weighted by Gasteiger charge is 2.33. The molecular formula is C22H26N2O3. The Morgan fingerprint density at radius 2 is 1.78 bits per heavy atom. The number of ether oxygens (including phenoxy) is 1. The van der Waals surface area contributed by atoms with E-state index in [9.17, 15) is 4.79 Å². The van der Waals surface area contributed by atoms with Crippen LogP contribution in [0.15, 0.2) is 65.8 Å². The maximum atomic E-state index is 12.4. The first kappa shape index (κ1) is 19.1. The molecule has 3 rings (SSSR count). The number of oxime groups is 1. The predicted octanol–water partition coefficient (Wildman–Crippen LogP) is 3.51. The van der Waals surface area contributed by atoms with E-state index in [1.807, 2.05) is 43.3 Å². The summed E-state index contributed by atoms with van der Waals surface area (Å²) in [5, 5.41) is 7.19. The lowest BCUT2D eigenvalue weighted by Gasteiger charge is -2.17. The van der Waals surface area contributed by atoms with E-state index >= 15 is 0 Å². The van der Waals surface area contributed by atoms with Gasteiger partial charge < -0.3 is 14.9 Å². The molecule has 0 unspecified atom stereocenters. The largest absolute Gasteiger partial charge is 0.382 e. The van der Waals surface area contributed by atoms with Gasteiger partial charge in [0.1, 0.15) is 0 Å². The first-order valence-corrected chi connectivity index (χ1v) is 9.47. The Labute approximate surface area is 160 Å². The molecule has 27 heavy (non-hydrogen) atoms. The third-order valence-corrected chi connectivity index (χ3v) is 4.55. The normalized spacial score (nSPS) is 16.1. The van der Waals surface area contributed by atoms with Crippen molar-refractivity contribution in [3.8, 4) is 0 Å². The zero-order valence-electron chi connectivity index (χ0n) is 15.6. The van der Waals surface area contributed by atoms with Crippen LogP contribution in [0, 0.1) is 0 Å². The molecule has 0 radical (unpaired) electrons. The number of hydrogen-bond acceptors (Lipinski definition) is 4. The van der Waals surface area contributed by atoms with E-state index in [0.29, 0.717) is 26.2 Å².